The normalized spacial score (nSPS) is 11.9. The fraction of sp³-hybridized carbons (Fsp3) is 0.417. The number of anilines is 1. The molecule has 1 aromatic rings. The third kappa shape index (κ3) is 2.97. The molecule has 0 amide bonds. The Labute approximate surface area is 91.3 Å². The summed E-state index contributed by atoms with van der Waals surface area (Å²) < 4.78 is 0. The molecule has 3 heteroatoms. The van der Waals surface area contributed by atoms with Gasteiger partial charge in [-0.15, -0.1) is 6.42 Å². The molecule has 0 aliphatic rings. The van der Waals surface area contributed by atoms with Crippen molar-refractivity contribution < 1.29 is 0 Å². The highest BCUT2D eigenvalue weighted by Gasteiger charge is 2.04. The lowest BCUT2D eigenvalue weighted by molar-refractivity contribution is 0.778. The average molecular weight is 203 g/mol. The Hall–Kier alpha value is -1.53. The van der Waals surface area contributed by atoms with E-state index in [2.05, 4.69) is 22.7 Å². The van der Waals surface area contributed by atoms with E-state index in [1.165, 1.54) is 0 Å². The Morgan fingerprint density at radius 2 is 2.33 bits per heavy atom. The van der Waals surface area contributed by atoms with Gasteiger partial charge in [0.15, 0.2) is 0 Å². The molecule has 0 bridgehead atoms. The Bertz CT molecular complexity index is 335. The van der Waals surface area contributed by atoms with E-state index in [4.69, 9.17) is 12.2 Å². The second kappa shape index (κ2) is 5.38. The monoisotopic (exact) mass is 203 g/mol. The van der Waals surface area contributed by atoms with Gasteiger partial charge in [-0.1, -0.05) is 5.92 Å². The van der Waals surface area contributed by atoms with E-state index in [0.717, 1.165) is 17.9 Å². The van der Waals surface area contributed by atoms with Crippen molar-refractivity contribution in [2.45, 2.75) is 19.9 Å². The van der Waals surface area contributed by atoms with Crippen LogP contribution in [0.25, 0.3) is 0 Å². The maximum absolute atomic E-state index is 5.72. The molecule has 0 aliphatic heterocycles. The number of nitrogens with zero attached hydrogens (tertiary/aromatic N) is 2. The van der Waals surface area contributed by atoms with Gasteiger partial charge in [0.05, 0.1) is 24.1 Å². The Morgan fingerprint density at radius 1 is 1.60 bits per heavy atom. The van der Waals surface area contributed by atoms with Crippen LogP contribution >= 0.6 is 0 Å². The van der Waals surface area contributed by atoms with Crippen LogP contribution in [0.2, 0.25) is 0 Å². The molecule has 0 unspecified atom stereocenters. The summed E-state index contributed by atoms with van der Waals surface area (Å²) in [5.74, 6) is 2.63. The molecule has 0 spiro atoms. The lowest BCUT2D eigenvalue weighted by Crippen LogP contribution is -2.23. The largest absolute Gasteiger partial charge is 0.359 e. The quantitative estimate of drug-likeness (QED) is 0.755. The Morgan fingerprint density at radius 3 is 2.73 bits per heavy atom. The summed E-state index contributed by atoms with van der Waals surface area (Å²) in [5.41, 5.74) is 7.66. The summed E-state index contributed by atoms with van der Waals surface area (Å²) in [6.45, 7) is 5.47. The first-order valence-corrected chi connectivity index (χ1v) is 5.09. The number of nitrogens with two attached hydrogens (primary N) is 1. The molecule has 3 nitrogen and oxygen atoms in total. The van der Waals surface area contributed by atoms with Crippen LogP contribution in [0.15, 0.2) is 18.3 Å². The first-order valence-electron chi connectivity index (χ1n) is 5.09. The molecule has 0 aromatic carbocycles. The van der Waals surface area contributed by atoms with Crippen molar-refractivity contribution in [3.8, 4) is 12.3 Å². The smallest absolute Gasteiger partial charge is 0.0792 e. The van der Waals surface area contributed by atoms with Crippen molar-refractivity contribution in [1.29, 1.82) is 0 Å². The van der Waals surface area contributed by atoms with Crippen LogP contribution in [-0.2, 0) is 0 Å². The molecule has 1 atom stereocenters. The number of hydrogen-bond acceptors (Lipinski definition) is 3. The molecule has 0 aliphatic carbocycles. The molecule has 2 N–H and O–H groups in total. The van der Waals surface area contributed by atoms with E-state index in [-0.39, 0.29) is 6.04 Å². The third-order valence-electron chi connectivity index (χ3n) is 2.27. The molecule has 0 fully saturated rings. The van der Waals surface area contributed by atoms with Crippen LogP contribution in [0.4, 0.5) is 5.69 Å². The fourth-order valence-corrected chi connectivity index (χ4v) is 1.35. The lowest BCUT2D eigenvalue weighted by atomic mass is 10.2. The van der Waals surface area contributed by atoms with E-state index in [0.29, 0.717) is 6.54 Å². The molecule has 0 radical (unpaired) electrons. The molecule has 0 saturated heterocycles. The number of pyridine rings is 1. The Balaban J connectivity index is 2.83. The van der Waals surface area contributed by atoms with Gasteiger partial charge in [0.25, 0.3) is 0 Å². The van der Waals surface area contributed by atoms with Gasteiger partial charge >= 0.3 is 0 Å². The molecule has 1 aromatic heterocycles. The summed E-state index contributed by atoms with van der Waals surface area (Å²) in [7, 11) is 0. The third-order valence-corrected chi connectivity index (χ3v) is 2.27. The molecule has 0 saturated carbocycles. The molecule has 1 heterocycles. The first kappa shape index (κ1) is 11.5. The zero-order valence-electron chi connectivity index (χ0n) is 9.27. The van der Waals surface area contributed by atoms with Crippen LogP contribution in [0.1, 0.15) is 25.6 Å². The Kier molecular flexibility index (Phi) is 4.14. The van der Waals surface area contributed by atoms with Crippen molar-refractivity contribution in [3.05, 3.63) is 24.0 Å². The molecular formula is C12H17N3. The minimum atomic E-state index is -0.0261. The molecule has 15 heavy (non-hydrogen) atoms. The maximum atomic E-state index is 5.72. The topological polar surface area (TPSA) is 42.1 Å². The van der Waals surface area contributed by atoms with Gasteiger partial charge in [0.2, 0.25) is 0 Å². The second-order valence-corrected chi connectivity index (χ2v) is 3.45. The highest BCUT2D eigenvalue weighted by atomic mass is 15.1. The van der Waals surface area contributed by atoms with Gasteiger partial charge in [-0.2, -0.15) is 0 Å². The number of hydrogen-bond donors (Lipinski definition) is 1. The molecular weight excluding hydrogens is 186 g/mol. The summed E-state index contributed by atoms with van der Waals surface area (Å²) in [5, 5.41) is 0. The van der Waals surface area contributed by atoms with Gasteiger partial charge in [0.1, 0.15) is 0 Å². The van der Waals surface area contributed by atoms with Gasteiger partial charge in [-0.3, -0.25) is 4.98 Å². The van der Waals surface area contributed by atoms with E-state index >= 15 is 0 Å². The van der Waals surface area contributed by atoms with Crippen molar-refractivity contribution in [3.63, 3.8) is 0 Å². The van der Waals surface area contributed by atoms with Crippen LogP contribution in [0.5, 0.6) is 0 Å². The highest BCUT2D eigenvalue weighted by molar-refractivity contribution is 5.45. The van der Waals surface area contributed by atoms with Gasteiger partial charge in [-0.25, -0.2) is 0 Å². The lowest BCUT2D eigenvalue weighted by Gasteiger charge is -2.20. The van der Waals surface area contributed by atoms with Crippen LogP contribution in [0.3, 0.4) is 0 Å². The molecule has 80 valence electrons. The average Bonchev–Trinajstić information content (AvgIpc) is 2.26. The highest BCUT2D eigenvalue weighted by Crippen LogP contribution is 2.14. The zero-order valence-corrected chi connectivity index (χ0v) is 9.27. The van der Waals surface area contributed by atoms with Crippen molar-refractivity contribution in [1.82, 2.24) is 4.98 Å². The number of rotatable bonds is 4. The standard InChI is InChI=1S/C12H17N3/c1-4-8-15(5-2)11-6-7-12(10(3)13)14-9-11/h1,6-7,9-10H,5,8,13H2,2-3H3/t10-/m1/s1. The minimum Gasteiger partial charge on any atom is -0.359 e. The summed E-state index contributed by atoms with van der Waals surface area (Å²) in [4.78, 5) is 6.38. The van der Waals surface area contributed by atoms with Gasteiger partial charge in [-0.05, 0) is 26.0 Å². The van der Waals surface area contributed by atoms with E-state index in [9.17, 15) is 0 Å². The minimum absolute atomic E-state index is 0.0261. The van der Waals surface area contributed by atoms with Crippen LogP contribution in [-0.4, -0.2) is 18.1 Å². The number of aromatic nitrogens is 1. The van der Waals surface area contributed by atoms with Gasteiger partial charge < -0.3 is 10.6 Å². The van der Waals surface area contributed by atoms with Gasteiger partial charge in [0, 0.05) is 12.6 Å². The second-order valence-electron chi connectivity index (χ2n) is 3.45. The first-order chi connectivity index (χ1) is 7.19. The summed E-state index contributed by atoms with van der Waals surface area (Å²) >= 11 is 0. The van der Waals surface area contributed by atoms with Crippen molar-refractivity contribution in [2.24, 2.45) is 5.73 Å². The van der Waals surface area contributed by atoms with Crippen molar-refractivity contribution >= 4 is 5.69 Å². The predicted octanol–water partition coefficient (Wildman–Crippen LogP) is 1.56. The fourth-order valence-electron chi connectivity index (χ4n) is 1.35. The van der Waals surface area contributed by atoms with Crippen LogP contribution < -0.4 is 10.6 Å². The van der Waals surface area contributed by atoms with Crippen molar-refractivity contribution in [2.75, 3.05) is 18.0 Å². The molecule has 1 rings (SSSR count). The zero-order chi connectivity index (χ0) is 11.3. The van der Waals surface area contributed by atoms with E-state index in [1.807, 2.05) is 25.3 Å². The summed E-state index contributed by atoms with van der Waals surface area (Å²) in [6.07, 6.45) is 7.11. The summed E-state index contributed by atoms with van der Waals surface area (Å²) in [6, 6.07) is 3.92. The predicted molar refractivity (Wildman–Crippen MR) is 63.6 cm³/mol. The van der Waals surface area contributed by atoms with E-state index < -0.39 is 0 Å². The number of terminal acetylenes is 1. The maximum Gasteiger partial charge on any atom is 0.0792 e. The SMILES string of the molecule is C#CCN(CC)c1ccc([C@@H](C)N)nc1. The van der Waals surface area contributed by atoms with Crippen LogP contribution in [0, 0.1) is 12.3 Å². The van der Waals surface area contributed by atoms with E-state index in [1.54, 1.807) is 0 Å².